The maximum absolute atomic E-state index is 3.17. The summed E-state index contributed by atoms with van der Waals surface area (Å²) in [6.07, 6.45) is 0. The third kappa shape index (κ3) is 4.77. The zero-order chi connectivity index (χ0) is 4.83. The third-order valence-electron chi connectivity index (χ3n) is 0.259. The van der Waals surface area contributed by atoms with Crippen LogP contribution in [-0.4, -0.2) is 9.76 Å². The van der Waals surface area contributed by atoms with Crippen LogP contribution in [0, 0.1) is 11.8 Å². The second kappa shape index (κ2) is 5.77. The number of halogens is 2. The summed E-state index contributed by atoms with van der Waals surface area (Å²) in [5.74, 6) is 5.74. The Kier molecular flexibility index (Phi) is 6.51. The Morgan fingerprint density at radius 2 is 2.17 bits per heavy atom. The molecule has 0 atom stereocenters. The Morgan fingerprint density at radius 3 is 2.33 bits per heavy atom. The van der Waals surface area contributed by atoms with Gasteiger partial charge in [0, 0.05) is 0 Å². The molecule has 0 radical (unpaired) electrons. The van der Waals surface area contributed by atoms with Gasteiger partial charge < -0.3 is 0 Å². The van der Waals surface area contributed by atoms with Gasteiger partial charge in [0.2, 0.25) is 0 Å². The first-order valence-corrected chi connectivity index (χ1v) is 4.14. The Hall–Kier alpha value is 0.770. The fourth-order valence-corrected chi connectivity index (χ4v) is 0.562. The van der Waals surface area contributed by atoms with E-state index in [-0.39, 0.29) is 0 Å². The molecule has 0 saturated heterocycles. The van der Waals surface area contributed by atoms with Crippen molar-refractivity contribution in [2.24, 2.45) is 0 Å². The van der Waals surface area contributed by atoms with Gasteiger partial charge in [-0.2, -0.15) is 0 Å². The summed E-state index contributed by atoms with van der Waals surface area (Å²) in [6, 6.07) is 0. The van der Waals surface area contributed by atoms with Crippen LogP contribution in [0.2, 0.25) is 0 Å². The quantitative estimate of drug-likeness (QED) is 0.353. The van der Waals surface area contributed by atoms with E-state index in [0.29, 0.717) is 0 Å². The standard InChI is InChI=1S/C4H4BrI/c5-3-1-2-4-6/h3-4H2. The lowest BCUT2D eigenvalue weighted by Crippen LogP contribution is -1.59. The molecule has 0 aliphatic carbocycles. The summed E-state index contributed by atoms with van der Waals surface area (Å²) in [7, 11) is 0. The second-order valence-corrected chi connectivity index (χ2v) is 1.94. The summed E-state index contributed by atoms with van der Waals surface area (Å²) < 4.78 is 0.934. The van der Waals surface area contributed by atoms with Crippen molar-refractivity contribution in [1.82, 2.24) is 0 Å². The van der Waals surface area contributed by atoms with Crippen molar-refractivity contribution < 1.29 is 0 Å². The molecule has 0 amide bonds. The molecule has 34 valence electrons. The van der Waals surface area contributed by atoms with Crippen molar-refractivity contribution in [3.8, 4) is 11.8 Å². The molecule has 0 spiro atoms. The van der Waals surface area contributed by atoms with Crippen LogP contribution >= 0.6 is 38.5 Å². The van der Waals surface area contributed by atoms with E-state index in [0.717, 1.165) is 9.76 Å². The van der Waals surface area contributed by atoms with Crippen molar-refractivity contribution >= 4 is 38.5 Å². The highest BCUT2D eigenvalue weighted by Crippen LogP contribution is 1.76. The first-order chi connectivity index (χ1) is 2.91. The molecule has 0 aliphatic heterocycles. The molecule has 2 heteroatoms. The zero-order valence-corrected chi connectivity index (χ0v) is 6.91. The van der Waals surface area contributed by atoms with Crippen LogP contribution in [0.4, 0.5) is 0 Å². The number of alkyl halides is 2. The maximum Gasteiger partial charge on any atom is 0.0645 e. The summed E-state index contributed by atoms with van der Waals surface area (Å²) in [6.45, 7) is 0. The van der Waals surface area contributed by atoms with Gasteiger partial charge in [0.1, 0.15) is 0 Å². The highest BCUT2D eigenvalue weighted by Gasteiger charge is 1.58. The first kappa shape index (κ1) is 6.77. The summed E-state index contributed by atoms with van der Waals surface area (Å²) in [5.41, 5.74) is 0. The number of rotatable bonds is 0. The van der Waals surface area contributed by atoms with Gasteiger partial charge in [0.15, 0.2) is 0 Å². The molecule has 0 aliphatic rings. The monoisotopic (exact) mass is 258 g/mol. The van der Waals surface area contributed by atoms with Crippen LogP contribution in [0.1, 0.15) is 0 Å². The average Bonchev–Trinajstić information content (AvgIpc) is 1.61. The van der Waals surface area contributed by atoms with Crippen LogP contribution in [0.25, 0.3) is 0 Å². The molecule has 0 N–H and O–H groups in total. The second-order valence-electron chi connectivity index (χ2n) is 0.621. The predicted octanol–water partition coefficient (Wildman–Crippen LogP) is 1.82. The van der Waals surface area contributed by atoms with Gasteiger partial charge in [-0.05, 0) is 0 Å². The van der Waals surface area contributed by atoms with Crippen LogP contribution in [0.15, 0.2) is 0 Å². The number of hydrogen-bond donors (Lipinski definition) is 0. The predicted molar refractivity (Wildman–Crippen MR) is 40.5 cm³/mol. The fourth-order valence-electron chi connectivity index (χ4n) is 0.0945. The van der Waals surface area contributed by atoms with Crippen LogP contribution < -0.4 is 0 Å². The molecule has 0 bridgehead atoms. The normalized spacial score (nSPS) is 6.33. The minimum Gasteiger partial charge on any atom is -0.0917 e. The van der Waals surface area contributed by atoms with Crippen molar-refractivity contribution in [3.63, 3.8) is 0 Å². The van der Waals surface area contributed by atoms with Crippen molar-refractivity contribution in [1.29, 1.82) is 0 Å². The van der Waals surface area contributed by atoms with E-state index in [2.05, 4.69) is 50.4 Å². The summed E-state index contributed by atoms with van der Waals surface area (Å²) in [5, 5.41) is 0.802. The molecular weight excluding hydrogens is 255 g/mol. The van der Waals surface area contributed by atoms with Gasteiger partial charge in [-0.15, -0.1) is 0 Å². The number of hydrogen-bond acceptors (Lipinski definition) is 0. The minimum absolute atomic E-state index is 0.802. The Bertz CT molecular complexity index is 61.4. The van der Waals surface area contributed by atoms with Crippen LogP contribution in [0.5, 0.6) is 0 Å². The first-order valence-electron chi connectivity index (χ1n) is 1.49. The lowest BCUT2D eigenvalue weighted by Gasteiger charge is -1.63. The molecule has 0 rings (SSSR count). The molecule has 0 unspecified atom stereocenters. The summed E-state index contributed by atoms with van der Waals surface area (Å²) in [4.78, 5) is 0. The van der Waals surface area contributed by atoms with E-state index in [1.807, 2.05) is 0 Å². The molecule has 0 nitrogen and oxygen atoms in total. The molecule has 0 aromatic rings. The Balaban J connectivity index is 2.90. The highest BCUT2D eigenvalue weighted by atomic mass is 127. The minimum atomic E-state index is 0.802. The van der Waals surface area contributed by atoms with Crippen molar-refractivity contribution in [3.05, 3.63) is 0 Å². The largest absolute Gasteiger partial charge is 0.0917 e. The zero-order valence-electron chi connectivity index (χ0n) is 3.17. The average molecular weight is 259 g/mol. The van der Waals surface area contributed by atoms with Crippen molar-refractivity contribution in [2.45, 2.75) is 0 Å². The topological polar surface area (TPSA) is 0 Å². The van der Waals surface area contributed by atoms with Crippen LogP contribution in [-0.2, 0) is 0 Å². The van der Waals surface area contributed by atoms with Gasteiger partial charge in [-0.3, -0.25) is 0 Å². The summed E-state index contributed by atoms with van der Waals surface area (Å²) >= 11 is 5.39. The van der Waals surface area contributed by atoms with Gasteiger partial charge in [0.05, 0.1) is 9.76 Å². The Labute approximate surface area is 60.0 Å². The van der Waals surface area contributed by atoms with E-state index in [1.165, 1.54) is 0 Å². The highest BCUT2D eigenvalue weighted by molar-refractivity contribution is 14.1. The van der Waals surface area contributed by atoms with Gasteiger partial charge >= 0.3 is 0 Å². The molecule has 0 heterocycles. The smallest absolute Gasteiger partial charge is 0.0645 e. The molecule has 6 heavy (non-hydrogen) atoms. The lowest BCUT2D eigenvalue weighted by atomic mass is 10.7. The molecular formula is C4H4BrI. The van der Waals surface area contributed by atoms with Gasteiger partial charge in [0.25, 0.3) is 0 Å². The molecule has 0 fully saturated rings. The molecule has 0 aromatic carbocycles. The molecule has 0 saturated carbocycles. The van der Waals surface area contributed by atoms with E-state index in [1.54, 1.807) is 0 Å². The molecule has 0 aromatic heterocycles. The SMILES string of the molecule is BrCC#CCI. The Morgan fingerprint density at radius 1 is 1.50 bits per heavy atom. The van der Waals surface area contributed by atoms with Gasteiger partial charge in [-0.25, -0.2) is 0 Å². The van der Waals surface area contributed by atoms with E-state index in [9.17, 15) is 0 Å². The van der Waals surface area contributed by atoms with Crippen molar-refractivity contribution in [2.75, 3.05) is 9.76 Å². The maximum atomic E-state index is 3.17. The van der Waals surface area contributed by atoms with Crippen LogP contribution in [0.3, 0.4) is 0 Å². The fraction of sp³-hybridized carbons (Fsp3) is 0.500. The van der Waals surface area contributed by atoms with E-state index < -0.39 is 0 Å². The van der Waals surface area contributed by atoms with E-state index in [4.69, 9.17) is 0 Å². The van der Waals surface area contributed by atoms with E-state index >= 15 is 0 Å². The lowest BCUT2D eigenvalue weighted by molar-refractivity contribution is 1.92. The third-order valence-corrected chi connectivity index (χ3v) is 0.920. The van der Waals surface area contributed by atoms with Gasteiger partial charge in [-0.1, -0.05) is 50.4 Å².